The van der Waals surface area contributed by atoms with Crippen LogP contribution in [-0.4, -0.2) is 94.7 Å². The number of hydrogen-bond donors (Lipinski definition) is 0. The summed E-state index contributed by atoms with van der Waals surface area (Å²) in [6.45, 7) is 22.3. The molecule has 4 aromatic rings. The maximum absolute atomic E-state index is 5.98. The first-order chi connectivity index (χ1) is 22.8. The average molecular weight is 753 g/mol. The second-order valence-electron chi connectivity index (χ2n) is 14.5. The summed E-state index contributed by atoms with van der Waals surface area (Å²) in [4.78, 5) is 16.2. The summed E-state index contributed by atoms with van der Waals surface area (Å²) < 4.78 is 39.6. The third kappa shape index (κ3) is 8.72. The van der Waals surface area contributed by atoms with E-state index in [1.807, 2.05) is 100 Å². The van der Waals surface area contributed by atoms with Crippen molar-refractivity contribution in [2.75, 3.05) is 0 Å². The lowest BCUT2D eigenvalue weighted by molar-refractivity contribution is 0.00578. The smallest absolute Gasteiger partial charge is 0.408 e. The summed E-state index contributed by atoms with van der Waals surface area (Å²) >= 11 is 3.30. The maximum Gasteiger partial charge on any atom is 0.496 e. The van der Waals surface area contributed by atoms with Crippen LogP contribution in [0, 0.1) is 0 Å². The molecule has 3 aliphatic heterocycles. The van der Waals surface area contributed by atoms with Gasteiger partial charge in [0.1, 0.15) is 25.3 Å². The van der Waals surface area contributed by atoms with E-state index in [2.05, 4.69) is 46.1 Å². The molecule has 0 N–H and O–H groups in total. The minimum Gasteiger partial charge on any atom is -0.408 e. The van der Waals surface area contributed by atoms with E-state index >= 15 is 0 Å². The topological polar surface area (TPSA) is 143 Å². The van der Waals surface area contributed by atoms with Crippen LogP contribution in [0.15, 0.2) is 66.4 Å². The van der Waals surface area contributed by atoms with Crippen LogP contribution in [0.1, 0.15) is 83.6 Å². The maximum atomic E-state index is 5.98. The molecular formula is C32H48B3BrN8O6. The molecule has 0 radical (unpaired) electrons. The largest absolute Gasteiger partial charge is 0.496 e. The zero-order valence-corrected chi connectivity index (χ0v) is 31.6. The summed E-state index contributed by atoms with van der Waals surface area (Å²) in [5.74, 6) is 1.47. The quantitative estimate of drug-likeness (QED) is 0.262. The molecule has 1 unspecified atom stereocenters. The molecule has 7 heterocycles. The number of hydrogen-bond acceptors (Lipinski definition) is 12. The summed E-state index contributed by atoms with van der Waals surface area (Å²) in [5.41, 5.74) is -0.785. The Balaban J connectivity index is 0.000000172. The Morgan fingerprint density at radius 1 is 0.640 bits per heavy atom. The first-order valence-corrected chi connectivity index (χ1v) is 16.9. The van der Waals surface area contributed by atoms with Crippen molar-refractivity contribution in [2.24, 2.45) is 0 Å². The van der Waals surface area contributed by atoms with Crippen molar-refractivity contribution in [3.05, 3.63) is 66.4 Å². The third-order valence-corrected chi connectivity index (χ3v) is 10.0. The Labute approximate surface area is 304 Å². The molecule has 0 aliphatic carbocycles. The van der Waals surface area contributed by atoms with Gasteiger partial charge in [-0.2, -0.15) is 10.2 Å². The molecule has 0 bridgehead atoms. The molecular weight excluding hydrogens is 705 g/mol. The lowest BCUT2D eigenvalue weighted by Crippen LogP contribution is -2.41. The molecule has 0 amide bonds. The van der Waals surface area contributed by atoms with Gasteiger partial charge in [0.05, 0.1) is 34.1 Å². The van der Waals surface area contributed by atoms with Crippen molar-refractivity contribution in [3.8, 4) is 11.6 Å². The van der Waals surface area contributed by atoms with Gasteiger partial charge < -0.3 is 27.9 Å². The van der Waals surface area contributed by atoms with Crippen molar-refractivity contribution >= 4 is 42.5 Å². The van der Waals surface area contributed by atoms with Gasteiger partial charge in [0.15, 0.2) is 11.6 Å². The summed E-state index contributed by atoms with van der Waals surface area (Å²) in [6, 6.07) is 7.57. The van der Waals surface area contributed by atoms with Crippen LogP contribution >= 0.6 is 15.9 Å². The van der Waals surface area contributed by atoms with Crippen molar-refractivity contribution < 1.29 is 27.9 Å². The van der Waals surface area contributed by atoms with Gasteiger partial charge in [0.25, 0.3) is 0 Å². The fourth-order valence-electron chi connectivity index (χ4n) is 4.72. The van der Waals surface area contributed by atoms with Crippen LogP contribution in [0.3, 0.4) is 0 Å². The monoisotopic (exact) mass is 752 g/mol. The fourth-order valence-corrected chi connectivity index (χ4v) is 4.95. The highest BCUT2D eigenvalue weighted by molar-refractivity contribution is 9.10. The SMILES string of the molecule is Brc1ccc(-n2cncn2)nc1.C.CC1(C)OB(c2ccc(-n3cncn3)nc2)OC1(C)C.CC1OB(B2OC(C)(C)C(C)(C)O2)OC1(C)C. The molecule has 3 fully saturated rings. The summed E-state index contributed by atoms with van der Waals surface area (Å²) in [6.07, 6.45) is 9.67. The molecule has 0 aromatic carbocycles. The Kier molecular flexibility index (Phi) is 11.9. The predicted molar refractivity (Wildman–Crippen MR) is 196 cm³/mol. The second-order valence-corrected chi connectivity index (χ2v) is 15.5. The summed E-state index contributed by atoms with van der Waals surface area (Å²) in [5, 5.41) is 7.98. The molecule has 18 heteroatoms. The minimum atomic E-state index is -0.454. The number of nitrogens with zero attached hydrogens (tertiary/aromatic N) is 8. The van der Waals surface area contributed by atoms with Gasteiger partial charge in [-0.1, -0.05) is 13.5 Å². The predicted octanol–water partition coefficient (Wildman–Crippen LogP) is 4.88. The van der Waals surface area contributed by atoms with Crippen LogP contribution in [0.5, 0.6) is 0 Å². The van der Waals surface area contributed by atoms with E-state index in [0.717, 1.165) is 15.8 Å². The highest BCUT2D eigenvalue weighted by Gasteiger charge is 2.61. The standard InChI is InChI=1S/C13H17BN4O2.C11H22B2O4.C7H5BrN4.CH4/c1-12(2)13(3,4)20-14(19-12)10-5-6-11(16-7-10)18-9-15-8-17-18;1-8-9(2,3)15-12(14-8)13-16-10(4,5)11(6,7)17-13;8-6-1-2-7(10-3-6)12-5-9-4-11-12;/h5-9H,1-4H3;8H,1-7H3;1-5H;1H4. The molecule has 7 rings (SSSR count). The molecule has 1 atom stereocenters. The number of pyridine rings is 2. The molecule has 3 saturated heterocycles. The van der Waals surface area contributed by atoms with Gasteiger partial charge in [-0.25, -0.2) is 29.3 Å². The molecule has 0 spiro atoms. The number of rotatable bonds is 4. The van der Waals surface area contributed by atoms with Crippen LogP contribution in [-0.2, 0) is 27.9 Å². The molecule has 268 valence electrons. The van der Waals surface area contributed by atoms with Crippen molar-refractivity contribution in [3.63, 3.8) is 0 Å². The lowest BCUT2D eigenvalue weighted by atomic mass is 9.49. The number of aromatic nitrogens is 8. The second kappa shape index (κ2) is 14.9. The lowest BCUT2D eigenvalue weighted by Gasteiger charge is -2.32. The highest BCUT2D eigenvalue weighted by atomic mass is 79.9. The van der Waals surface area contributed by atoms with Gasteiger partial charge in [-0.15, -0.1) is 0 Å². The first kappa shape index (κ1) is 39.8. The van der Waals surface area contributed by atoms with Crippen molar-refractivity contribution in [2.45, 2.75) is 118 Å². The Morgan fingerprint density at radius 2 is 1.12 bits per heavy atom. The van der Waals surface area contributed by atoms with Crippen LogP contribution in [0.4, 0.5) is 0 Å². The summed E-state index contributed by atoms with van der Waals surface area (Å²) in [7, 11) is -1.29. The zero-order chi connectivity index (χ0) is 35.8. The van der Waals surface area contributed by atoms with Gasteiger partial charge in [0, 0.05) is 22.3 Å². The average Bonchev–Trinajstić information content (AvgIpc) is 3.84. The minimum absolute atomic E-state index is 0. The molecule has 3 aliphatic rings. The Bertz CT molecular complexity index is 1630. The van der Waals surface area contributed by atoms with E-state index in [1.54, 1.807) is 34.4 Å². The van der Waals surface area contributed by atoms with Crippen molar-refractivity contribution in [1.82, 2.24) is 39.5 Å². The van der Waals surface area contributed by atoms with E-state index in [9.17, 15) is 0 Å². The molecule has 4 aromatic heterocycles. The van der Waals surface area contributed by atoms with Gasteiger partial charge in [-0.05, 0) is 110 Å². The Hall–Kier alpha value is -2.99. The van der Waals surface area contributed by atoms with Gasteiger partial charge >= 0.3 is 21.1 Å². The van der Waals surface area contributed by atoms with Crippen molar-refractivity contribution in [1.29, 1.82) is 0 Å². The van der Waals surface area contributed by atoms with E-state index in [0.29, 0.717) is 5.82 Å². The van der Waals surface area contributed by atoms with Gasteiger partial charge in [0.2, 0.25) is 0 Å². The molecule has 0 saturated carbocycles. The Morgan fingerprint density at radius 3 is 1.50 bits per heavy atom. The van der Waals surface area contributed by atoms with Crippen LogP contribution in [0.25, 0.3) is 11.6 Å². The van der Waals surface area contributed by atoms with Gasteiger partial charge in [-0.3, -0.25) is 0 Å². The molecule has 50 heavy (non-hydrogen) atoms. The molecule has 14 nitrogen and oxygen atoms in total. The van der Waals surface area contributed by atoms with E-state index in [-0.39, 0.29) is 41.5 Å². The number of halogens is 1. The highest BCUT2D eigenvalue weighted by Crippen LogP contribution is 2.40. The first-order valence-electron chi connectivity index (χ1n) is 16.1. The van der Waals surface area contributed by atoms with E-state index in [1.165, 1.54) is 12.7 Å². The fraction of sp³-hybridized carbons (Fsp3) is 0.562. The van der Waals surface area contributed by atoms with E-state index < -0.39 is 21.1 Å². The zero-order valence-electron chi connectivity index (χ0n) is 30.0. The van der Waals surface area contributed by atoms with Crippen LogP contribution < -0.4 is 5.46 Å². The van der Waals surface area contributed by atoms with E-state index in [4.69, 9.17) is 27.9 Å². The normalized spacial score (nSPS) is 22.2. The van der Waals surface area contributed by atoms with Crippen LogP contribution in [0.2, 0.25) is 0 Å². The third-order valence-electron chi connectivity index (χ3n) is 9.55.